The molecule has 3 heterocycles. The van der Waals surface area contributed by atoms with E-state index in [9.17, 15) is 0 Å². The van der Waals surface area contributed by atoms with Crippen LogP contribution < -0.4 is 30.9 Å². The van der Waals surface area contributed by atoms with Gasteiger partial charge in [0.25, 0.3) is 6.71 Å². The van der Waals surface area contributed by atoms with Crippen LogP contribution in [0.3, 0.4) is 0 Å². The second kappa shape index (κ2) is 11.2. The lowest BCUT2D eigenvalue weighted by molar-refractivity contribution is 0.487. The van der Waals surface area contributed by atoms with Crippen molar-refractivity contribution in [3.63, 3.8) is 0 Å². The van der Waals surface area contributed by atoms with E-state index in [4.69, 9.17) is 4.74 Å². The van der Waals surface area contributed by atoms with Crippen LogP contribution in [-0.4, -0.2) is 6.71 Å². The lowest BCUT2D eigenvalue weighted by Gasteiger charge is -2.40. The van der Waals surface area contributed by atoms with Crippen LogP contribution >= 0.6 is 11.8 Å². The molecule has 0 fully saturated rings. The molecule has 0 aliphatic carbocycles. The van der Waals surface area contributed by atoms with E-state index in [1.54, 1.807) is 0 Å². The highest BCUT2D eigenvalue weighted by molar-refractivity contribution is 7.99. The fourth-order valence-corrected chi connectivity index (χ4v) is 9.54. The Morgan fingerprint density at radius 2 is 1.20 bits per heavy atom. The van der Waals surface area contributed by atoms with Crippen molar-refractivity contribution in [2.75, 3.05) is 9.80 Å². The summed E-state index contributed by atoms with van der Waals surface area (Å²) in [5.41, 5.74) is 13.1. The number of fused-ring (bicyclic) bond motifs is 6. The highest BCUT2D eigenvalue weighted by Crippen LogP contribution is 2.52. The first-order valence-electron chi connectivity index (χ1n) is 17.4. The third-order valence-corrected chi connectivity index (χ3v) is 11.6. The molecule has 3 aliphatic rings. The highest BCUT2D eigenvalue weighted by atomic mass is 32.2. The number of anilines is 6. The van der Waals surface area contributed by atoms with Crippen LogP contribution in [0.25, 0.3) is 21.9 Å². The van der Waals surface area contributed by atoms with E-state index in [2.05, 4.69) is 186 Å². The maximum atomic E-state index is 6.91. The SMILES string of the molecule is c1ccc(N2c3ccccc3B3c4cc5c(cc4Oc4cccc2c43)-c2ccc(N(c3ccccc3)c3ccccc3)c3cccc(c23)S5)cc1. The fourth-order valence-electron chi connectivity index (χ4n) is 8.37. The quantitative estimate of drug-likeness (QED) is 0.173. The summed E-state index contributed by atoms with van der Waals surface area (Å²) in [6.07, 6.45) is 0. The molecule has 0 atom stereocenters. The van der Waals surface area contributed by atoms with Gasteiger partial charge in [-0.2, -0.15) is 0 Å². The summed E-state index contributed by atoms with van der Waals surface area (Å²) < 4.78 is 6.91. The standard InChI is InChI=1S/C46H29BN2OS/c1-4-14-30(15-5-1)48(31-16-6-2-7-17-31)38-27-26-33-35-28-42-37(29-44(35)51-43-25-12-20-34(38)45(33)43)47-36-21-10-11-22-39(36)49(32-18-8-3-9-19-32)40-23-13-24-41(50-42)46(40)47/h1-29H. The second-order valence-corrected chi connectivity index (χ2v) is 14.3. The van der Waals surface area contributed by atoms with E-state index < -0.39 is 0 Å². The Morgan fingerprint density at radius 1 is 0.510 bits per heavy atom. The number of hydrogen-bond donors (Lipinski definition) is 0. The molecular weight excluding hydrogens is 639 g/mol. The van der Waals surface area contributed by atoms with Gasteiger partial charge in [-0.3, -0.25) is 0 Å². The van der Waals surface area contributed by atoms with Crippen molar-refractivity contribution in [1.29, 1.82) is 0 Å². The van der Waals surface area contributed by atoms with E-state index in [1.165, 1.54) is 59.5 Å². The summed E-state index contributed by atoms with van der Waals surface area (Å²) in [5.74, 6) is 1.85. The van der Waals surface area contributed by atoms with Crippen LogP contribution in [0, 0.1) is 0 Å². The Labute approximate surface area is 301 Å². The van der Waals surface area contributed by atoms with Gasteiger partial charge in [-0.15, -0.1) is 0 Å². The van der Waals surface area contributed by atoms with Crippen LogP contribution in [0.5, 0.6) is 11.5 Å². The van der Waals surface area contributed by atoms with Crippen LogP contribution in [0.15, 0.2) is 186 Å². The average molecular weight is 669 g/mol. The van der Waals surface area contributed by atoms with Gasteiger partial charge in [-0.1, -0.05) is 109 Å². The molecule has 238 valence electrons. The van der Waals surface area contributed by atoms with E-state index in [-0.39, 0.29) is 6.71 Å². The molecule has 0 aromatic heterocycles. The fraction of sp³-hybridized carbons (Fsp3) is 0. The van der Waals surface area contributed by atoms with Gasteiger partial charge in [0.1, 0.15) is 11.5 Å². The van der Waals surface area contributed by atoms with Gasteiger partial charge in [-0.05, 0) is 106 Å². The molecule has 0 unspecified atom stereocenters. The van der Waals surface area contributed by atoms with Crippen molar-refractivity contribution < 1.29 is 4.74 Å². The molecule has 0 spiro atoms. The molecule has 3 aliphatic heterocycles. The molecule has 51 heavy (non-hydrogen) atoms. The van der Waals surface area contributed by atoms with E-state index in [0.717, 1.165) is 34.2 Å². The van der Waals surface area contributed by atoms with Crippen molar-refractivity contribution in [1.82, 2.24) is 0 Å². The van der Waals surface area contributed by atoms with E-state index >= 15 is 0 Å². The second-order valence-electron chi connectivity index (χ2n) is 13.3. The van der Waals surface area contributed by atoms with Crippen molar-refractivity contribution in [2.45, 2.75) is 9.79 Å². The first-order valence-corrected chi connectivity index (χ1v) is 18.2. The van der Waals surface area contributed by atoms with Crippen molar-refractivity contribution in [3.8, 4) is 22.6 Å². The maximum Gasteiger partial charge on any atom is 0.256 e. The molecule has 5 heteroatoms. The van der Waals surface area contributed by atoms with Crippen LogP contribution in [0.2, 0.25) is 0 Å². The van der Waals surface area contributed by atoms with Crippen LogP contribution in [-0.2, 0) is 0 Å². The van der Waals surface area contributed by atoms with E-state index in [1.807, 2.05) is 11.8 Å². The van der Waals surface area contributed by atoms with Gasteiger partial charge >= 0.3 is 0 Å². The topological polar surface area (TPSA) is 15.7 Å². The molecule has 8 aromatic rings. The Morgan fingerprint density at radius 3 is 1.98 bits per heavy atom. The van der Waals surface area contributed by atoms with Gasteiger partial charge in [0.05, 0.1) is 5.69 Å². The third kappa shape index (κ3) is 4.28. The van der Waals surface area contributed by atoms with Crippen LogP contribution in [0.4, 0.5) is 34.1 Å². The summed E-state index contributed by atoms with van der Waals surface area (Å²) >= 11 is 1.87. The lowest BCUT2D eigenvalue weighted by atomic mass is 9.34. The van der Waals surface area contributed by atoms with Crippen molar-refractivity contribution >= 4 is 79.8 Å². The summed E-state index contributed by atoms with van der Waals surface area (Å²) in [4.78, 5) is 7.29. The maximum absolute atomic E-state index is 6.91. The number of benzene rings is 8. The predicted octanol–water partition coefficient (Wildman–Crippen LogP) is 10.8. The van der Waals surface area contributed by atoms with Crippen molar-refractivity contribution in [2.24, 2.45) is 0 Å². The van der Waals surface area contributed by atoms with E-state index in [0.29, 0.717) is 0 Å². The van der Waals surface area contributed by atoms with Gasteiger partial charge in [0.2, 0.25) is 0 Å². The minimum Gasteiger partial charge on any atom is -0.458 e. The normalized spacial score (nSPS) is 13.1. The van der Waals surface area contributed by atoms with Gasteiger partial charge in [0, 0.05) is 49.0 Å². The average Bonchev–Trinajstić information content (AvgIpc) is 3.19. The molecule has 11 rings (SSSR count). The number of ether oxygens (including phenoxy) is 1. The summed E-state index contributed by atoms with van der Waals surface area (Å²) in [7, 11) is 0. The zero-order valence-electron chi connectivity index (χ0n) is 27.5. The molecule has 0 amide bonds. The Balaban J connectivity index is 1.09. The molecule has 0 saturated heterocycles. The Hall–Kier alpha value is -6.17. The predicted molar refractivity (Wildman–Crippen MR) is 214 cm³/mol. The smallest absolute Gasteiger partial charge is 0.256 e. The first-order chi connectivity index (χ1) is 25.3. The number of rotatable bonds is 4. The molecule has 0 bridgehead atoms. The zero-order valence-corrected chi connectivity index (χ0v) is 28.3. The minimum atomic E-state index is 0.0619. The largest absolute Gasteiger partial charge is 0.458 e. The summed E-state index contributed by atoms with van der Waals surface area (Å²) in [6, 6.07) is 63.4. The first kappa shape index (κ1) is 28.7. The van der Waals surface area contributed by atoms with Gasteiger partial charge in [-0.25, -0.2) is 0 Å². The molecule has 0 radical (unpaired) electrons. The van der Waals surface area contributed by atoms with Crippen LogP contribution in [0.1, 0.15) is 0 Å². The minimum absolute atomic E-state index is 0.0619. The van der Waals surface area contributed by atoms with Crippen molar-refractivity contribution in [3.05, 3.63) is 176 Å². The molecule has 8 aromatic carbocycles. The molecule has 0 saturated carbocycles. The molecular formula is C46H29BN2OS. The number of nitrogens with zero attached hydrogens (tertiary/aromatic N) is 2. The monoisotopic (exact) mass is 668 g/mol. The van der Waals surface area contributed by atoms with Gasteiger partial charge < -0.3 is 14.5 Å². The van der Waals surface area contributed by atoms with Gasteiger partial charge in [0.15, 0.2) is 0 Å². The third-order valence-electron chi connectivity index (χ3n) is 10.5. The molecule has 0 N–H and O–H groups in total. The Kier molecular flexibility index (Phi) is 6.28. The zero-order chi connectivity index (χ0) is 33.5. The lowest BCUT2D eigenvalue weighted by Crippen LogP contribution is -2.59. The summed E-state index contributed by atoms with van der Waals surface area (Å²) in [6.45, 7) is 0.0619. The number of hydrogen-bond acceptors (Lipinski definition) is 4. The Bertz CT molecular complexity index is 2620. The highest BCUT2D eigenvalue weighted by Gasteiger charge is 2.42. The molecule has 3 nitrogen and oxygen atoms in total. The number of para-hydroxylation sites is 4. The summed E-state index contributed by atoms with van der Waals surface area (Å²) in [5, 5.41) is 2.51.